The molecule has 2 heterocycles. The van der Waals surface area contributed by atoms with Crippen LogP contribution in [0, 0.1) is 11.6 Å². The van der Waals surface area contributed by atoms with Gasteiger partial charge in [0.25, 0.3) is 0 Å². The zero-order valence-electron chi connectivity index (χ0n) is 13.8. The van der Waals surface area contributed by atoms with E-state index in [1.54, 1.807) is 17.0 Å². The monoisotopic (exact) mass is 379 g/mol. The number of halogens is 2. The predicted octanol–water partition coefficient (Wildman–Crippen LogP) is 3.48. The number of methoxy groups -OCH3 is 1. The number of hydrogen-bond donors (Lipinski definition) is 0. The van der Waals surface area contributed by atoms with Gasteiger partial charge < -0.3 is 19.1 Å². The summed E-state index contributed by atoms with van der Waals surface area (Å²) in [6.45, 7) is 0.162. The number of ether oxygens (including phenoxy) is 3. The zero-order chi connectivity index (χ0) is 18.3. The third kappa shape index (κ3) is 2.94. The Kier molecular flexibility index (Phi) is 4.36. The van der Waals surface area contributed by atoms with E-state index in [0.29, 0.717) is 17.2 Å². The SMILES string of the molecule is COc1cc(C2SCC(=O)N2Cc2ccc(F)cc2F)cc2c1OCO2. The molecule has 1 fully saturated rings. The minimum absolute atomic E-state index is 0.0549. The number of nitrogens with zero attached hydrogens (tertiary/aromatic N) is 1. The fourth-order valence-corrected chi connectivity index (χ4v) is 4.19. The molecule has 0 aliphatic carbocycles. The number of carbonyl (C=O) groups excluding carboxylic acids is 1. The first-order valence-corrected chi connectivity index (χ1v) is 8.94. The van der Waals surface area contributed by atoms with Gasteiger partial charge in [-0.3, -0.25) is 4.79 Å². The number of benzene rings is 2. The first kappa shape index (κ1) is 17.0. The van der Waals surface area contributed by atoms with Gasteiger partial charge >= 0.3 is 0 Å². The van der Waals surface area contributed by atoms with Crippen molar-refractivity contribution in [1.82, 2.24) is 4.90 Å². The van der Waals surface area contributed by atoms with Gasteiger partial charge in [-0.2, -0.15) is 0 Å². The molecule has 0 spiro atoms. The molecule has 0 N–H and O–H groups in total. The van der Waals surface area contributed by atoms with Crippen LogP contribution < -0.4 is 14.2 Å². The normalized spacial score (nSPS) is 18.5. The topological polar surface area (TPSA) is 48.0 Å². The molecule has 8 heteroatoms. The lowest BCUT2D eigenvalue weighted by molar-refractivity contribution is -0.128. The quantitative estimate of drug-likeness (QED) is 0.814. The van der Waals surface area contributed by atoms with Gasteiger partial charge in [0.05, 0.1) is 12.9 Å². The number of carbonyl (C=O) groups is 1. The number of amides is 1. The summed E-state index contributed by atoms with van der Waals surface area (Å²) in [7, 11) is 1.53. The lowest BCUT2D eigenvalue weighted by Crippen LogP contribution is -2.28. The molecule has 136 valence electrons. The van der Waals surface area contributed by atoms with Crippen molar-refractivity contribution in [3.05, 3.63) is 53.1 Å². The third-order valence-electron chi connectivity index (χ3n) is 4.29. The van der Waals surface area contributed by atoms with Gasteiger partial charge in [0.15, 0.2) is 11.5 Å². The molecule has 5 nitrogen and oxygen atoms in total. The Bertz CT molecular complexity index is 877. The molecule has 1 amide bonds. The summed E-state index contributed by atoms with van der Waals surface area (Å²) >= 11 is 1.43. The van der Waals surface area contributed by atoms with E-state index in [9.17, 15) is 13.6 Å². The van der Waals surface area contributed by atoms with E-state index in [2.05, 4.69) is 0 Å². The molecule has 0 radical (unpaired) electrons. The molecule has 1 atom stereocenters. The van der Waals surface area contributed by atoms with Crippen LogP contribution in [0.5, 0.6) is 17.2 Å². The van der Waals surface area contributed by atoms with Crippen LogP contribution in [-0.4, -0.2) is 30.5 Å². The van der Waals surface area contributed by atoms with Crippen LogP contribution in [0.15, 0.2) is 30.3 Å². The van der Waals surface area contributed by atoms with Gasteiger partial charge in [-0.05, 0) is 23.8 Å². The minimum atomic E-state index is -0.670. The van der Waals surface area contributed by atoms with E-state index in [4.69, 9.17) is 14.2 Å². The molecule has 1 saturated heterocycles. The van der Waals surface area contributed by atoms with E-state index in [0.717, 1.165) is 11.6 Å². The Morgan fingerprint density at radius 3 is 2.88 bits per heavy atom. The molecular formula is C18H15F2NO4S. The van der Waals surface area contributed by atoms with Crippen molar-refractivity contribution in [2.75, 3.05) is 19.7 Å². The first-order valence-electron chi connectivity index (χ1n) is 7.89. The van der Waals surface area contributed by atoms with Crippen LogP contribution in [-0.2, 0) is 11.3 Å². The summed E-state index contributed by atoms with van der Waals surface area (Å²) in [6, 6.07) is 6.96. The van der Waals surface area contributed by atoms with Crippen LogP contribution in [0.2, 0.25) is 0 Å². The molecule has 0 aromatic heterocycles. The van der Waals surface area contributed by atoms with Crippen LogP contribution in [0.25, 0.3) is 0 Å². The Balaban J connectivity index is 1.66. The predicted molar refractivity (Wildman–Crippen MR) is 91.2 cm³/mol. The molecule has 4 rings (SSSR count). The lowest BCUT2D eigenvalue weighted by Gasteiger charge is -2.25. The van der Waals surface area contributed by atoms with Crippen molar-refractivity contribution in [1.29, 1.82) is 0 Å². The maximum atomic E-state index is 14.0. The van der Waals surface area contributed by atoms with Crippen molar-refractivity contribution in [2.45, 2.75) is 11.9 Å². The maximum Gasteiger partial charge on any atom is 0.234 e. The highest BCUT2D eigenvalue weighted by Crippen LogP contribution is 2.47. The van der Waals surface area contributed by atoms with E-state index >= 15 is 0 Å². The molecule has 0 bridgehead atoms. The highest BCUT2D eigenvalue weighted by Gasteiger charge is 2.35. The molecule has 1 unspecified atom stereocenters. The summed E-state index contributed by atoms with van der Waals surface area (Å²) in [5, 5.41) is -0.324. The second kappa shape index (κ2) is 6.68. The van der Waals surface area contributed by atoms with Gasteiger partial charge in [-0.1, -0.05) is 6.07 Å². The second-order valence-corrected chi connectivity index (χ2v) is 6.95. The Morgan fingerprint density at radius 2 is 2.12 bits per heavy atom. The standard InChI is InChI=1S/C18H15F2NO4S/c1-23-14-4-11(5-15-17(14)25-9-24-15)18-21(16(22)8-26-18)7-10-2-3-12(19)6-13(10)20/h2-6,18H,7-9H2,1H3. The fourth-order valence-electron chi connectivity index (χ4n) is 3.03. The number of hydrogen-bond acceptors (Lipinski definition) is 5. The van der Waals surface area contributed by atoms with Crippen molar-refractivity contribution in [3.63, 3.8) is 0 Å². The average Bonchev–Trinajstić information content (AvgIpc) is 3.23. The molecular weight excluding hydrogens is 364 g/mol. The summed E-state index contributed by atoms with van der Waals surface area (Å²) in [5.41, 5.74) is 1.06. The van der Waals surface area contributed by atoms with Crippen LogP contribution in [0.1, 0.15) is 16.5 Å². The van der Waals surface area contributed by atoms with Crippen LogP contribution in [0.4, 0.5) is 8.78 Å². The van der Waals surface area contributed by atoms with Gasteiger partial charge in [0.1, 0.15) is 17.0 Å². The number of rotatable bonds is 4. The molecule has 2 aliphatic rings. The van der Waals surface area contributed by atoms with Gasteiger partial charge in [0, 0.05) is 18.2 Å². The van der Waals surface area contributed by atoms with E-state index in [1.807, 2.05) is 0 Å². The second-order valence-electron chi connectivity index (χ2n) is 5.88. The Labute approximate surface area is 152 Å². The van der Waals surface area contributed by atoms with E-state index in [-0.39, 0.29) is 35.9 Å². The summed E-state index contributed by atoms with van der Waals surface area (Å²) in [4.78, 5) is 13.9. The fraction of sp³-hybridized carbons (Fsp3) is 0.278. The van der Waals surface area contributed by atoms with Crippen LogP contribution in [0.3, 0.4) is 0 Å². The third-order valence-corrected chi connectivity index (χ3v) is 5.55. The van der Waals surface area contributed by atoms with E-state index in [1.165, 1.54) is 31.0 Å². The largest absolute Gasteiger partial charge is 0.493 e. The first-order chi connectivity index (χ1) is 12.6. The minimum Gasteiger partial charge on any atom is -0.493 e. The van der Waals surface area contributed by atoms with Crippen molar-refractivity contribution >= 4 is 17.7 Å². The highest BCUT2D eigenvalue weighted by atomic mass is 32.2. The van der Waals surface area contributed by atoms with Crippen molar-refractivity contribution < 1.29 is 27.8 Å². The van der Waals surface area contributed by atoms with Crippen molar-refractivity contribution in [2.24, 2.45) is 0 Å². The molecule has 2 aliphatic heterocycles. The molecule has 26 heavy (non-hydrogen) atoms. The van der Waals surface area contributed by atoms with Gasteiger partial charge in [-0.15, -0.1) is 11.8 Å². The van der Waals surface area contributed by atoms with E-state index < -0.39 is 11.6 Å². The molecule has 2 aromatic rings. The Hall–Kier alpha value is -2.48. The van der Waals surface area contributed by atoms with Gasteiger partial charge in [0.2, 0.25) is 18.4 Å². The van der Waals surface area contributed by atoms with Crippen molar-refractivity contribution in [3.8, 4) is 17.2 Å². The maximum absolute atomic E-state index is 14.0. The Morgan fingerprint density at radius 1 is 1.27 bits per heavy atom. The molecule has 0 saturated carbocycles. The smallest absolute Gasteiger partial charge is 0.234 e. The highest BCUT2D eigenvalue weighted by molar-refractivity contribution is 8.00. The number of fused-ring (bicyclic) bond motifs is 1. The summed E-state index contributed by atoms with van der Waals surface area (Å²) in [5.74, 6) is 0.448. The number of thioether (sulfide) groups is 1. The average molecular weight is 379 g/mol. The zero-order valence-corrected chi connectivity index (χ0v) is 14.6. The molecule has 2 aromatic carbocycles. The lowest BCUT2D eigenvalue weighted by atomic mass is 10.1. The summed E-state index contributed by atoms with van der Waals surface area (Å²) in [6.07, 6.45) is 0. The summed E-state index contributed by atoms with van der Waals surface area (Å²) < 4.78 is 43.3. The van der Waals surface area contributed by atoms with Gasteiger partial charge in [-0.25, -0.2) is 8.78 Å². The van der Waals surface area contributed by atoms with Crippen LogP contribution >= 0.6 is 11.8 Å².